The van der Waals surface area contributed by atoms with Crippen LogP contribution in [-0.2, 0) is 24.2 Å². The summed E-state index contributed by atoms with van der Waals surface area (Å²) in [7, 11) is 0. The van der Waals surface area contributed by atoms with Crippen LogP contribution < -0.4 is 0 Å². The number of carbonyl (C=O) groups is 1. The Morgan fingerprint density at radius 1 is 1.24 bits per heavy atom. The molecule has 3 aromatic rings. The third-order valence-corrected chi connectivity index (χ3v) is 5.24. The molecular weight excluding hydrogens is 332 g/mol. The zero-order valence-electron chi connectivity index (χ0n) is 14.3. The lowest BCUT2D eigenvalue weighted by atomic mass is 10.0. The van der Waals surface area contributed by atoms with E-state index < -0.39 is 0 Å². The van der Waals surface area contributed by atoms with Crippen molar-refractivity contribution >= 4 is 28.4 Å². The average Bonchev–Trinajstić information content (AvgIpc) is 2.97. The van der Waals surface area contributed by atoms with Crippen LogP contribution in [0.3, 0.4) is 0 Å². The highest BCUT2D eigenvalue weighted by atomic mass is 35.5. The smallest absolute Gasteiger partial charge is 0.223 e. The van der Waals surface area contributed by atoms with Gasteiger partial charge in [-0.15, -0.1) is 0 Å². The zero-order chi connectivity index (χ0) is 17.4. The number of rotatable bonds is 3. The molecule has 1 aromatic heterocycles. The highest BCUT2D eigenvalue weighted by Gasteiger charge is 2.23. The van der Waals surface area contributed by atoms with Crippen LogP contribution in [0.4, 0.5) is 0 Å². The number of aryl methyl sites for hydroxylation is 2. The third-order valence-electron chi connectivity index (χ3n) is 5.00. The largest absolute Gasteiger partial charge is 0.358 e. The molecule has 0 spiro atoms. The van der Waals surface area contributed by atoms with Crippen LogP contribution in [-0.4, -0.2) is 22.3 Å². The van der Waals surface area contributed by atoms with Crippen LogP contribution in [0.5, 0.6) is 0 Å². The maximum absolute atomic E-state index is 12.7. The highest BCUT2D eigenvalue weighted by Crippen LogP contribution is 2.30. The molecule has 0 unspecified atom stereocenters. The lowest BCUT2D eigenvalue weighted by molar-refractivity contribution is -0.132. The van der Waals surface area contributed by atoms with E-state index in [2.05, 4.69) is 36.2 Å². The number of nitrogens with one attached hydrogen (secondary N) is 1. The Bertz CT molecular complexity index is 944. The molecule has 0 radical (unpaired) electrons. The molecule has 25 heavy (non-hydrogen) atoms. The fraction of sp³-hybridized carbons (Fsp3) is 0.286. The fourth-order valence-electron chi connectivity index (χ4n) is 3.68. The molecule has 0 atom stereocenters. The molecule has 4 rings (SSSR count). The topological polar surface area (TPSA) is 36.1 Å². The van der Waals surface area contributed by atoms with E-state index in [1.165, 1.54) is 22.4 Å². The van der Waals surface area contributed by atoms with Crippen molar-refractivity contribution in [3.05, 3.63) is 69.9 Å². The Balaban J connectivity index is 1.49. The van der Waals surface area contributed by atoms with Crippen molar-refractivity contribution in [1.29, 1.82) is 0 Å². The van der Waals surface area contributed by atoms with Gasteiger partial charge in [0.05, 0.1) is 0 Å². The Morgan fingerprint density at radius 2 is 2.12 bits per heavy atom. The molecular formula is C21H21ClN2O. The lowest BCUT2D eigenvalue weighted by Crippen LogP contribution is -2.35. The van der Waals surface area contributed by atoms with E-state index in [1.54, 1.807) is 0 Å². The van der Waals surface area contributed by atoms with Gasteiger partial charge >= 0.3 is 0 Å². The predicted molar refractivity (Wildman–Crippen MR) is 102 cm³/mol. The number of hydrogen-bond donors (Lipinski definition) is 1. The normalized spacial score (nSPS) is 13.9. The number of hydrogen-bond acceptors (Lipinski definition) is 1. The van der Waals surface area contributed by atoms with E-state index in [0.717, 1.165) is 35.3 Å². The second-order valence-electron chi connectivity index (χ2n) is 6.83. The van der Waals surface area contributed by atoms with Gasteiger partial charge in [-0.2, -0.15) is 0 Å². The summed E-state index contributed by atoms with van der Waals surface area (Å²) in [5.74, 6) is 0.225. The number of benzene rings is 2. The first kappa shape index (κ1) is 16.2. The minimum atomic E-state index is 0.225. The second-order valence-corrected chi connectivity index (χ2v) is 7.26. The number of carbonyl (C=O) groups excluding carboxylic acids is 1. The first-order chi connectivity index (χ1) is 12.1. The average molecular weight is 353 g/mol. The second kappa shape index (κ2) is 6.57. The molecule has 0 aliphatic carbocycles. The highest BCUT2D eigenvalue weighted by molar-refractivity contribution is 6.31. The minimum Gasteiger partial charge on any atom is -0.358 e. The van der Waals surface area contributed by atoms with Gasteiger partial charge in [0.15, 0.2) is 0 Å². The van der Waals surface area contributed by atoms with Gasteiger partial charge in [0.25, 0.3) is 0 Å². The van der Waals surface area contributed by atoms with E-state index in [0.29, 0.717) is 13.0 Å². The number of halogens is 1. The summed E-state index contributed by atoms with van der Waals surface area (Å²) < 4.78 is 0. The van der Waals surface area contributed by atoms with Crippen molar-refractivity contribution in [3.8, 4) is 0 Å². The maximum Gasteiger partial charge on any atom is 0.223 e. The van der Waals surface area contributed by atoms with Crippen molar-refractivity contribution in [3.63, 3.8) is 0 Å². The molecule has 4 heteroatoms. The van der Waals surface area contributed by atoms with Crippen molar-refractivity contribution in [2.45, 2.75) is 32.7 Å². The number of fused-ring (bicyclic) bond motifs is 3. The summed E-state index contributed by atoms with van der Waals surface area (Å²) >= 11 is 6.15. The third kappa shape index (κ3) is 3.29. The summed E-state index contributed by atoms with van der Waals surface area (Å²) in [6.45, 7) is 3.53. The maximum atomic E-state index is 12.7. The molecule has 3 nitrogen and oxygen atoms in total. The van der Waals surface area contributed by atoms with E-state index in [1.807, 2.05) is 23.1 Å². The molecule has 0 bridgehead atoms. The minimum absolute atomic E-state index is 0.225. The van der Waals surface area contributed by atoms with Crippen LogP contribution in [0.25, 0.3) is 10.9 Å². The van der Waals surface area contributed by atoms with E-state index in [-0.39, 0.29) is 5.91 Å². The molecule has 1 N–H and O–H groups in total. The van der Waals surface area contributed by atoms with Crippen LogP contribution in [0.15, 0.2) is 42.5 Å². The SMILES string of the molecule is Cc1cccc(CCC(=O)N2CCc3[nH]c4ccc(Cl)cc4c3C2)c1. The van der Waals surface area contributed by atoms with Crippen molar-refractivity contribution < 1.29 is 4.79 Å². The summed E-state index contributed by atoms with van der Waals surface area (Å²) in [6.07, 6.45) is 2.23. The Kier molecular flexibility index (Phi) is 4.26. The molecule has 2 heterocycles. The lowest BCUT2D eigenvalue weighted by Gasteiger charge is -2.27. The quantitative estimate of drug-likeness (QED) is 0.732. The van der Waals surface area contributed by atoms with Crippen molar-refractivity contribution in [2.75, 3.05) is 6.54 Å². The van der Waals surface area contributed by atoms with Gasteiger partial charge in [-0.25, -0.2) is 0 Å². The van der Waals surface area contributed by atoms with E-state index >= 15 is 0 Å². The van der Waals surface area contributed by atoms with Gasteiger partial charge < -0.3 is 9.88 Å². The first-order valence-electron chi connectivity index (χ1n) is 8.72. The number of aromatic amines is 1. The van der Waals surface area contributed by atoms with Gasteiger partial charge in [-0.3, -0.25) is 4.79 Å². The summed E-state index contributed by atoms with van der Waals surface area (Å²) in [6, 6.07) is 14.3. The molecule has 1 aliphatic rings. The number of amides is 1. The molecule has 2 aromatic carbocycles. The monoisotopic (exact) mass is 352 g/mol. The van der Waals surface area contributed by atoms with Gasteiger partial charge in [0.2, 0.25) is 5.91 Å². The van der Waals surface area contributed by atoms with Gasteiger partial charge in [-0.05, 0) is 37.1 Å². The molecule has 0 saturated heterocycles. The van der Waals surface area contributed by atoms with Gasteiger partial charge in [-0.1, -0.05) is 41.4 Å². The number of H-pyrrole nitrogens is 1. The van der Waals surface area contributed by atoms with Crippen LogP contribution >= 0.6 is 11.6 Å². The summed E-state index contributed by atoms with van der Waals surface area (Å²) in [5.41, 5.74) is 6.02. The predicted octanol–water partition coefficient (Wildman–Crippen LogP) is 4.65. The molecule has 1 amide bonds. The van der Waals surface area contributed by atoms with Crippen molar-refractivity contribution in [1.82, 2.24) is 9.88 Å². The van der Waals surface area contributed by atoms with Crippen LogP contribution in [0, 0.1) is 6.92 Å². The zero-order valence-corrected chi connectivity index (χ0v) is 15.1. The molecule has 1 aliphatic heterocycles. The standard InChI is InChI=1S/C21H21ClN2O/c1-14-3-2-4-15(11-14)5-8-21(25)24-10-9-20-18(13-24)17-12-16(22)6-7-19(17)23-20/h2-4,6-7,11-12,23H,5,8-10,13H2,1H3. The van der Waals surface area contributed by atoms with Crippen molar-refractivity contribution in [2.24, 2.45) is 0 Å². The Hall–Kier alpha value is -2.26. The van der Waals surface area contributed by atoms with E-state index in [9.17, 15) is 4.79 Å². The number of aromatic nitrogens is 1. The molecule has 0 saturated carbocycles. The van der Waals surface area contributed by atoms with E-state index in [4.69, 9.17) is 11.6 Å². The van der Waals surface area contributed by atoms with Crippen LogP contribution in [0.1, 0.15) is 28.8 Å². The Labute approximate surface area is 152 Å². The Morgan fingerprint density at radius 3 is 2.96 bits per heavy atom. The molecule has 128 valence electrons. The van der Waals surface area contributed by atoms with Crippen LogP contribution in [0.2, 0.25) is 5.02 Å². The van der Waals surface area contributed by atoms with Gasteiger partial charge in [0.1, 0.15) is 0 Å². The fourth-order valence-corrected chi connectivity index (χ4v) is 3.85. The first-order valence-corrected chi connectivity index (χ1v) is 9.10. The molecule has 0 fully saturated rings. The summed E-state index contributed by atoms with van der Waals surface area (Å²) in [5, 5.41) is 1.87. The summed E-state index contributed by atoms with van der Waals surface area (Å²) in [4.78, 5) is 18.1. The van der Waals surface area contributed by atoms with Gasteiger partial charge in [0, 0.05) is 53.1 Å². The number of nitrogens with zero attached hydrogens (tertiary/aromatic N) is 1.